The van der Waals surface area contributed by atoms with Crippen molar-refractivity contribution in [2.45, 2.75) is 40.2 Å². The number of ether oxygens (including phenoxy) is 1. The van der Waals surface area contributed by atoms with Crippen molar-refractivity contribution in [2.75, 3.05) is 23.3 Å². The summed E-state index contributed by atoms with van der Waals surface area (Å²) in [5.41, 5.74) is 3.05. The Hall–Kier alpha value is -2.49. The Labute approximate surface area is 150 Å². The molecule has 0 heterocycles. The molecule has 2 rings (SSSR count). The zero-order valence-electron chi connectivity index (χ0n) is 15.6. The van der Waals surface area contributed by atoms with Crippen LogP contribution in [0.1, 0.15) is 32.8 Å². The Balaban J connectivity index is 2.01. The molecule has 2 aromatic rings. The summed E-state index contributed by atoms with van der Waals surface area (Å²) in [5.74, 6) is 0.596. The van der Waals surface area contributed by atoms with E-state index in [1.54, 1.807) is 0 Å². The van der Waals surface area contributed by atoms with Crippen molar-refractivity contribution in [1.29, 1.82) is 0 Å². The molecule has 4 nitrogen and oxygen atoms in total. The molecule has 25 heavy (non-hydrogen) atoms. The van der Waals surface area contributed by atoms with Crippen LogP contribution >= 0.6 is 0 Å². The molecule has 0 fully saturated rings. The number of aryl methyl sites for hydroxylation is 1. The lowest BCUT2D eigenvalue weighted by atomic mass is 10.2. The fourth-order valence-electron chi connectivity index (χ4n) is 2.74. The van der Waals surface area contributed by atoms with Gasteiger partial charge in [-0.05, 0) is 69.2 Å². The highest BCUT2D eigenvalue weighted by molar-refractivity contribution is 5.94. The first-order chi connectivity index (χ1) is 12.1. The molecule has 1 atom stereocenters. The van der Waals surface area contributed by atoms with E-state index in [1.807, 2.05) is 62.4 Å². The van der Waals surface area contributed by atoms with Crippen LogP contribution in [0.25, 0.3) is 0 Å². The molecule has 2 aromatic carbocycles. The Bertz CT molecular complexity index is 679. The van der Waals surface area contributed by atoms with Gasteiger partial charge in [-0.1, -0.05) is 19.1 Å². The summed E-state index contributed by atoms with van der Waals surface area (Å²) in [6.45, 7) is 10.1. The first-order valence-corrected chi connectivity index (χ1v) is 8.96. The standard InChI is InChI=1S/C21H28N2O2/c1-5-20(25-19-10-8-9-16(4)15-19)21(24)22-17-11-13-18(14-12-17)23(6-2)7-3/h8-15,20H,5-7H2,1-4H3,(H,22,24). The van der Waals surface area contributed by atoms with Gasteiger partial charge in [0.1, 0.15) is 5.75 Å². The summed E-state index contributed by atoms with van der Waals surface area (Å²) in [6.07, 6.45) is 0.0985. The number of benzene rings is 2. The summed E-state index contributed by atoms with van der Waals surface area (Å²) in [7, 11) is 0. The average molecular weight is 340 g/mol. The largest absolute Gasteiger partial charge is 0.481 e. The minimum absolute atomic E-state index is 0.125. The Morgan fingerprint density at radius 3 is 2.32 bits per heavy atom. The van der Waals surface area contributed by atoms with E-state index in [2.05, 4.69) is 24.1 Å². The van der Waals surface area contributed by atoms with Gasteiger partial charge in [0.25, 0.3) is 5.91 Å². The van der Waals surface area contributed by atoms with Crippen molar-refractivity contribution in [3.8, 4) is 5.75 Å². The number of hydrogen-bond donors (Lipinski definition) is 1. The van der Waals surface area contributed by atoms with Gasteiger partial charge in [0, 0.05) is 24.5 Å². The Kier molecular flexibility index (Phi) is 6.87. The van der Waals surface area contributed by atoms with Crippen molar-refractivity contribution in [2.24, 2.45) is 0 Å². The molecule has 1 unspecified atom stereocenters. The van der Waals surface area contributed by atoms with Crippen molar-refractivity contribution in [1.82, 2.24) is 0 Å². The van der Waals surface area contributed by atoms with Crippen molar-refractivity contribution >= 4 is 17.3 Å². The highest BCUT2D eigenvalue weighted by atomic mass is 16.5. The summed E-state index contributed by atoms with van der Waals surface area (Å²) < 4.78 is 5.85. The van der Waals surface area contributed by atoms with E-state index < -0.39 is 6.10 Å². The maximum Gasteiger partial charge on any atom is 0.265 e. The molecule has 0 saturated carbocycles. The zero-order chi connectivity index (χ0) is 18.2. The van der Waals surface area contributed by atoms with Gasteiger partial charge >= 0.3 is 0 Å². The lowest BCUT2D eigenvalue weighted by Crippen LogP contribution is -2.32. The molecule has 1 N–H and O–H groups in total. The predicted molar refractivity (Wildman–Crippen MR) is 105 cm³/mol. The molecule has 1 amide bonds. The van der Waals surface area contributed by atoms with E-state index in [0.717, 1.165) is 35.8 Å². The molecular formula is C21H28N2O2. The second-order valence-corrected chi connectivity index (χ2v) is 6.04. The van der Waals surface area contributed by atoms with Crippen LogP contribution < -0.4 is 15.0 Å². The van der Waals surface area contributed by atoms with Gasteiger partial charge in [-0.15, -0.1) is 0 Å². The van der Waals surface area contributed by atoms with Crippen molar-refractivity contribution in [3.05, 3.63) is 54.1 Å². The van der Waals surface area contributed by atoms with Crippen LogP contribution in [0.3, 0.4) is 0 Å². The monoisotopic (exact) mass is 340 g/mol. The van der Waals surface area contributed by atoms with Gasteiger partial charge in [0.2, 0.25) is 0 Å². The highest BCUT2D eigenvalue weighted by Gasteiger charge is 2.18. The Morgan fingerprint density at radius 1 is 1.08 bits per heavy atom. The SMILES string of the molecule is CCC(Oc1cccc(C)c1)C(=O)Nc1ccc(N(CC)CC)cc1. The van der Waals surface area contributed by atoms with Crippen LogP contribution in [0, 0.1) is 6.92 Å². The summed E-state index contributed by atoms with van der Waals surface area (Å²) in [4.78, 5) is 14.8. The van der Waals surface area contributed by atoms with Crippen molar-refractivity contribution < 1.29 is 9.53 Å². The molecule has 0 aliphatic rings. The molecule has 4 heteroatoms. The van der Waals surface area contributed by atoms with Crippen LogP contribution in [-0.2, 0) is 4.79 Å². The summed E-state index contributed by atoms with van der Waals surface area (Å²) in [6, 6.07) is 15.7. The zero-order valence-corrected chi connectivity index (χ0v) is 15.6. The van der Waals surface area contributed by atoms with Crippen LogP contribution in [0.2, 0.25) is 0 Å². The topological polar surface area (TPSA) is 41.6 Å². The highest BCUT2D eigenvalue weighted by Crippen LogP contribution is 2.19. The third kappa shape index (κ3) is 5.24. The quantitative estimate of drug-likeness (QED) is 0.761. The van der Waals surface area contributed by atoms with Gasteiger partial charge in [0.15, 0.2) is 6.10 Å². The van der Waals surface area contributed by atoms with Crippen LogP contribution in [0.4, 0.5) is 11.4 Å². The number of nitrogens with one attached hydrogen (secondary N) is 1. The predicted octanol–water partition coefficient (Wildman–Crippen LogP) is 4.64. The van der Waals surface area contributed by atoms with Gasteiger partial charge in [-0.2, -0.15) is 0 Å². The number of carbonyl (C=O) groups is 1. The maximum atomic E-state index is 12.5. The van der Waals surface area contributed by atoms with Gasteiger partial charge in [0.05, 0.1) is 0 Å². The summed E-state index contributed by atoms with van der Waals surface area (Å²) in [5, 5.41) is 2.95. The number of nitrogens with zero attached hydrogens (tertiary/aromatic N) is 1. The fourth-order valence-corrected chi connectivity index (χ4v) is 2.74. The molecule has 0 bridgehead atoms. The van der Waals surface area contributed by atoms with E-state index in [4.69, 9.17) is 4.74 Å². The van der Waals surface area contributed by atoms with Gasteiger partial charge < -0.3 is 15.0 Å². The maximum absolute atomic E-state index is 12.5. The average Bonchev–Trinajstić information content (AvgIpc) is 2.62. The molecule has 0 spiro atoms. The first kappa shape index (κ1) is 18.8. The number of amides is 1. The van der Waals surface area contributed by atoms with E-state index in [9.17, 15) is 4.79 Å². The minimum atomic E-state index is -0.510. The second-order valence-electron chi connectivity index (χ2n) is 6.04. The molecule has 134 valence electrons. The third-order valence-corrected chi connectivity index (χ3v) is 4.19. The first-order valence-electron chi connectivity index (χ1n) is 8.96. The smallest absolute Gasteiger partial charge is 0.265 e. The number of carbonyl (C=O) groups excluding carboxylic acids is 1. The van der Waals surface area contributed by atoms with E-state index >= 15 is 0 Å². The van der Waals surface area contributed by atoms with Gasteiger partial charge in [-0.25, -0.2) is 0 Å². The van der Waals surface area contributed by atoms with Crippen LogP contribution in [-0.4, -0.2) is 25.1 Å². The minimum Gasteiger partial charge on any atom is -0.481 e. The number of anilines is 2. The van der Waals surface area contributed by atoms with E-state index in [0.29, 0.717) is 6.42 Å². The molecular weight excluding hydrogens is 312 g/mol. The lowest BCUT2D eigenvalue weighted by molar-refractivity contribution is -0.122. The number of hydrogen-bond acceptors (Lipinski definition) is 3. The number of rotatable bonds is 8. The fraction of sp³-hybridized carbons (Fsp3) is 0.381. The van der Waals surface area contributed by atoms with Crippen LogP contribution in [0.15, 0.2) is 48.5 Å². The normalized spacial score (nSPS) is 11.7. The third-order valence-electron chi connectivity index (χ3n) is 4.19. The van der Waals surface area contributed by atoms with E-state index in [-0.39, 0.29) is 5.91 Å². The van der Waals surface area contributed by atoms with Gasteiger partial charge in [-0.3, -0.25) is 4.79 Å². The second kappa shape index (κ2) is 9.11. The molecule has 0 radical (unpaired) electrons. The molecule has 0 aliphatic heterocycles. The Morgan fingerprint density at radius 2 is 1.76 bits per heavy atom. The van der Waals surface area contributed by atoms with Crippen molar-refractivity contribution in [3.63, 3.8) is 0 Å². The lowest BCUT2D eigenvalue weighted by Gasteiger charge is -2.21. The van der Waals surface area contributed by atoms with Crippen LogP contribution in [0.5, 0.6) is 5.75 Å². The molecule has 0 saturated heterocycles. The van der Waals surface area contributed by atoms with E-state index in [1.165, 1.54) is 0 Å². The molecule has 0 aromatic heterocycles. The summed E-state index contributed by atoms with van der Waals surface area (Å²) >= 11 is 0. The molecule has 0 aliphatic carbocycles.